The number of hydrogen-bond acceptors (Lipinski definition) is 6. The summed E-state index contributed by atoms with van der Waals surface area (Å²) in [6.07, 6.45) is 0. The topological polar surface area (TPSA) is 98.7 Å². The first-order valence-electron chi connectivity index (χ1n) is 8.30. The molecule has 8 heteroatoms. The van der Waals surface area contributed by atoms with Gasteiger partial charge in [-0.1, -0.05) is 30.0 Å². The second-order valence-electron chi connectivity index (χ2n) is 6.16. The number of carbonyl (C=O) groups excluding carboxylic acids is 1. The predicted molar refractivity (Wildman–Crippen MR) is 98.1 cm³/mol. The fourth-order valence-electron chi connectivity index (χ4n) is 2.71. The number of Topliss-reactive ketones (excluding diaryl/α,β-unsaturated/α-hetero) is 1. The van der Waals surface area contributed by atoms with Gasteiger partial charge in [-0.15, -0.1) is 0 Å². The number of imidazole rings is 1. The van der Waals surface area contributed by atoms with E-state index in [0.29, 0.717) is 10.8 Å². The maximum Gasteiger partial charge on any atom is 0.307 e. The lowest BCUT2D eigenvalue weighted by Crippen LogP contribution is -2.39. The van der Waals surface area contributed by atoms with E-state index >= 15 is 0 Å². The molecule has 0 atom stereocenters. The lowest BCUT2D eigenvalue weighted by molar-refractivity contribution is -0.672. The van der Waals surface area contributed by atoms with Gasteiger partial charge in [0.1, 0.15) is 0 Å². The molecule has 0 aliphatic heterocycles. The number of aromatic amines is 1. The number of rotatable bonds is 5. The second kappa shape index (κ2) is 6.88. The molecule has 0 spiro atoms. The highest BCUT2D eigenvalue weighted by molar-refractivity contribution is 7.99. The molecule has 0 saturated carbocycles. The third kappa shape index (κ3) is 3.31. The predicted octanol–water partition coefficient (Wildman–Crippen LogP) is 2.49. The Morgan fingerprint density at radius 1 is 1.22 bits per heavy atom. The highest BCUT2D eigenvalue weighted by Crippen LogP contribution is 2.21. The summed E-state index contributed by atoms with van der Waals surface area (Å²) in [4.78, 5) is 20.2. The number of para-hydroxylation sites is 2. The molecule has 0 aliphatic carbocycles. The fourth-order valence-corrected chi connectivity index (χ4v) is 3.46. The molecule has 0 radical (unpaired) electrons. The third-order valence-electron chi connectivity index (χ3n) is 4.32. The molecule has 0 aliphatic rings. The molecule has 4 rings (SSSR count). The normalized spacial score (nSPS) is 11.2. The minimum absolute atomic E-state index is 0.0428. The van der Waals surface area contributed by atoms with E-state index in [1.165, 1.54) is 16.4 Å². The molecule has 7 nitrogen and oxygen atoms in total. The highest BCUT2D eigenvalue weighted by atomic mass is 32.2. The van der Waals surface area contributed by atoms with E-state index in [0.717, 1.165) is 22.2 Å². The van der Waals surface area contributed by atoms with Crippen LogP contribution in [0, 0.1) is 13.8 Å². The van der Waals surface area contributed by atoms with Crippen molar-refractivity contribution in [2.75, 3.05) is 5.75 Å². The molecular formula is C19H16N4O3S. The first kappa shape index (κ1) is 17.3. The molecule has 2 heterocycles. The van der Waals surface area contributed by atoms with Crippen LogP contribution in [0.4, 0.5) is 0 Å². The number of benzene rings is 2. The van der Waals surface area contributed by atoms with E-state index in [1.54, 1.807) is 6.07 Å². The molecule has 0 fully saturated rings. The van der Waals surface area contributed by atoms with Crippen LogP contribution >= 0.6 is 11.8 Å². The molecule has 1 N–H and O–H groups in total. The van der Waals surface area contributed by atoms with Crippen LogP contribution in [0.3, 0.4) is 0 Å². The molecule has 0 saturated heterocycles. The van der Waals surface area contributed by atoms with Crippen molar-refractivity contribution in [1.82, 2.24) is 15.2 Å². The van der Waals surface area contributed by atoms with Gasteiger partial charge in [0.15, 0.2) is 11.1 Å². The minimum Gasteiger partial charge on any atom is -0.539 e. The van der Waals surface area contributed by atoms with Crippen molar-refractivity contribution in [3.05, 3.63) is 59.3 Å². The third-order valence-corrected chi connectivity index (χ3v) is 5.19. The second-order valence-corrected chi connectivity index (χ2v) is 7.12. The lowest BCUT2D eigenvalue weighted by atomic mass is 10.1. The van der Waals surface area contributed by atoms with Crippen molar-refractivity contribution in [2.45, 2.75) is 19.0 Å². The fraction of sp³-hybridized carbons (Fsp3) is 0.158. The van der Waals surface area contributed by atoms with Crippen LogP contribution in [0.2, 0.25) is 0 Å². The summed E-state index contributed by atoms with van der Waals surface area (Å²) in [7, 11) is 0. The van der Waals surface area contributed by atoms with E-state index in [2.05, 4.69) is 15.2 Å². The molecule has 2 aromatic carbocycles. The molecule has 2 aromatic heterocycles. The van der Waals surface area contributed by atoms with Crippen LogP contribution in [0.15, 0.2) is 52.1 Å². The van der Waals surface area contributed by atoms with Crippen LogP contribution in [-0.4, -0.2) is 26.8 Å². The van der Waals surface area contributed by atoms with Gasteiger partial charge in [-0.25, -0.2) is 4.98 Å². The SMILES string of the molecule is Cc1ccc(-[n+]2noc([O-])c2C(=O)CSc2nc3ccccc3[nH]2)cc1C. The Bertz CT molecular complexity index is 1120. The van der Waals surface area contributed by atoms with Gasteiger partial charge < -0.3 is 14.6 Å². The van der Waals surface area contributed by atoms with Crippen molar-refractivity contribution in [2.24, 2.45) is 0 Å². The quantitative estimate of drug-likeness (QED) is 0.324. The Kier molecular flexibility index (Phi) is 4.41. The zero-order valence-corrected chi connectivity index (χ0v) is 15.5. The van der Waals surface area contributed by atoms with Gasteiger partial charge in [-0.3, -0.25) is 4.79 Å². The van der Waals surface area contributed by atoms with Gasteiger partial charge >= 0.3 is 5.69 Å². The number of aryl methyl sites for hydroxylation is 2. The van der Waals surface area contributed by atoms with E-state index in [9.17, 15) is 9.90 Å². The van der Waals surface area contributed by atoms with Gasteiger partial charge in [-0.2, -0.15) is 0 Å². The lowest BCUT2D eigenvalue weighted by Gasteiger charge is -2.00. The van der Waals surface area contributed by atoms with Crippen molar-refractivity contribution in [1.29, 1.82) is 0 Å². The molecule has 27 heavy (non-hydrogen) atoms. The number of H-pyrrole nitrogens is 1. The monoisotopic (exact) mass is 380 g/mol. The number of nitrogens with one attached hydrogen (secondary N) is 1. The maximum atomic E-state index is 12.7. The first-order chi connectivity index (χ1) is 13.0. The maximum absolute atomic E-state index is 12.7. The Hall–Kier alpha value is -3.13. The summed E-state index contributed by atoms with van der Waals surface area (Å²) in [6.45, 7) is 3.94. The van der Waals surface area contributed by atoms with Gasteiger partial charge in [-0.05, 0) is 41.8 Å². The van der Waals surface area contributed by atoms with E-state index in [4.69, 9.17) is 4.52 Å². The van der Waals surface area contributed by atoms with Gasteiger partial charge in [0.25, 0.3) is 0 Å². The molecule has 0 amide bonds. The largest absolute Gasteiger partial charge is 0.539 e. The zero-order valence-electron chi connectivity index (χ0n) is 14.7. The highest BCUT2D eigenvalue weighted by Gasteiger charge is 2.28. The average molecular weight is 380 g/mol. The summed E-state index contributed by atoms with van der Waals surface area (Å²) in [6, 6.07) is 13.2. The van der Waals surface area contributed by atoms with Crippen molar-refractivity contribution in [3.63, 3.8) is 0 Å². The molecule has 0 bridgehead atoms. The summed E-state index contributed by atoms with van der Waals surface area (Å²) < 4.78 is 6.01. The number of hydrogen-bond donors (Lipinski definition) is 1. The number of aromatic nitrogens is 4. The van der Waals surface area contributed by atoms with Gasteiger partial charge in [0, 0.05) is 12.1 Å². The number of nitrogens with zero attached hydrogens (tertiary/aromatic N) is 3. The Balaban J connectivity index is 1.58. The number of ketones is 1. The van der Waals surface area contributed by atoms with E-state index < -0.39 is 5.95 Å². The van der Waals surface area contributed by atoms with E-state index in [1.807, 2.05) is 50.2 Å². The molecular weight excluding hydrogens is 364 g/mol. The zero-order chi connectivity index (χ0) is 19.0. The molecule has 4 aromatic rings. The summed E-state index contributed by atoms with van der Waals surface area (Å²) in [5.41, 5.74) is 4.38. The molecule has 136 valence electrons. The summed E-state index contributed by atoms with van der Waals surface area (Å²) in [5.74, 6) is -1.07. The minimum atomic E-state index is -0.747. The van der Waals surface area contributed by atoms with Crippen molar-refractivity contribution >= 4 is 28.6 Å². The first-order valence-corrected chi connectivity index (χ1v) is 9.29. The van der Waals surface area contributed by atoms with Gasteiger partial charge in [0.05, 0.1) is 22.1 Å². The molecule has 0 unspecified atom stereocenters. The van der Waals surface area contributed by atoms with Crippen LogP contribution in [0.25, 0.3) is 16.7 Å². The summed E-state index contributed by atoms with van der Waals surface area (Å²) in [5, 5.41) is 16.4. The van der Waals surface area contributed by atoms with Gasteiger partial charge in [0.2, 0.25) is 11.5 Å². The van der Waals surface area contributed by atoms with Crippen LogP contribution < -0.4 is 9.79 Å². The number of fused-ring (bicyclic) bond motifs is 1. The number of carbonyl (C=O) groups is 1. The summed E-state index contributed by atoms with van der Waals surface area (Å²) >= 11 is 1.23. The smallest absolute Gasteiger partial charge is 0.307 e. The van der Waals surface area contributed by atoms with Crippen LogP contribution in [-0.2, 0) is 0 Å². The van der Waals surface area contributed by atoms with Crippen molar-refractivity contribution in [3.8, 4) is 11.6 Å². The van der Waals surface area contributed by atoms with Crippen molar-refractivity contribution < 1.29 is 19.1 Å². The van der Waals surface area contributed by atoms with Crippen LogP contribution in [0.1, 0.15) is 21.6 Å². The Morgan fingerprint density at radius 3 is 2.81 bits per heavy atom. The van der Waals surface area contributed by atoms with E-state index in [-0.39, 0.29) is 17.2 Å². The Morgan fingerprint density at radius 2 is 2.04 bits per heavy atom. The Labute approximate surface area is 159 Å². The van der Waals surface area contributed by atoms with Crippen LogP contribution in [0.5, 0.6) is 5.95 Å². The number of thioether (sulfide) groups is 1. The standard InChI is InChI=1S/C19H16N4O3S/c1-11-7-8-13(9-12(11)2)23-17(18(25)26-22-23)16(24)10-27-19-20-14-5-3-4-6-15(14)21-19/h3-9H,10H2,1-2H3,(H-,20,21,22,24,25). The average Bonchev–Trinajstić information content (AvgIpc) is 3.25.